The molecule has 7 heteroatoms. The second-order valence-corrected chi connectivity index (χ2v) is 6.85. The number of aliphatic hydroxyl groups excluding tert-OH is 1. The standard InChI is InChI=1S/C17H21N3O4/c1-9-5-13(10(2)23-9)17(22)20-6-12(8-21)14(7-20)16-18-15(19-24-16)11-3-4-11/h5,11-12,14,21H,3-4,6-8H2,1-2H3/t12-,14+/m0/s1. The Morgan fingerprint density at radius 3 is 2.79 bits per heavy atom. The fourth-order valence-corrected chi connectivity index (χ4v) is 3.42. The molecule has 128 valence electrons. The molecule has 24 heavy (non-hydrogen) atoms. The second-order valence-electron chi connectivity index (χ2n) is 6.85. The van der Waals surface area contributed by atoms with Crippen LogP contribution in [0.1, 0.15) is 58.3 Å². The molecule has 3 heterocycles. The highest BCUT2D eigenvalue weighted by Crippen LogP contribution is 2.40. The molecular formula is C17H21N3O4. The Balaban J connectivity index is 1.54. The highest BCUT2D eigenvalue weighted by Gasteiger charge is 2.40. The highest BCUT2D eigenvalue weighted by atomic mass is 16.5. The molecule has 1 aliphatic carbocycles. The summed E-state index contributed by atoms with van der Waals surface area (Å²) in [6.45, 7) is 4.55. The van der Waals surface area contributed by atoms with Crippen LogP contribution in [-0.2, 0) is 0 Å². The van der Waals surface area contributed by atoms with Gasteiger partial charge < -0.3 is 18.9 Å². The molecule has 0 unspecified atom stereocenters. The number of furan rings is 1. The number of amides is 1. The molecule has 4 rings (SSSR count). The van der Waals surface area contributed by atoms with Crippen LogP contribution in [0.4, 0.5) is 0 Å². The number of aliphatic hydroxyl groups is 1. The van der Waals surface area contributed by atoms with E-state index in [4.69, 9.17) is 8.94 Å². The number of hydrogen-bond acceptors (Lipinski definition) is 6. The molecule has 0 spiro atoms. The monoisotopic (exact) mass is 331 g/mol. The minimum atomic E-state index is -0.118. The van der Waals surface area contributed by atoms with Crippen molar-refractivity contribution >= 4 is 5.91 Å². The molecule has 0 radical (unpaired) electrons. The maximum Gasteiger partial charge on any atom is 0.257 e. The molecule has 0 bridgehead atoms. The van der Waals surface area contributed by atoms with Gasteiger partial charge in [-0.05, 0) is 32.8 Å². The van der Waals surface area contributed by atoms with Crippen molar-refractivity contribution in [1.82, 2.24) is 15.0 Å². The minimum Gasteiger partial charge on any atom is -0.466 e. The summed E-state index contributed by atoms with van der Waals surface area (Å²) in [6.07, 6.45) is 2.22. The topological polar surface area (TPSA) is 92.6 Å². The van der Waals surface area contributed by atoms with Crippen molar-refractivity contribution in [1.29, 1.82) is 0 Å². The molecule has 2 aliphatic rings. The first kappa shape index (κ1) is 15.4. The van der Waals surface area contributed by atoms with Gasteiger partial charge in [0.25, 0.3) is 5.91 Å². The van der Waals surface area contributed by atoms with Gasteiger partial charge in [0.15, 0.2) is 5.82 Å². The summed E-state index contributed by atoms with van der Waals surface area (Å²) in [5.74, 6) is 2.77. The third kappa shape index (κ3) is 2.62. The van der Waals surface area contributed by atoms with Crippen LogP contribution in [0, 0.1) is 19.8 Å². The predicted octanol–water partition coefficient (Wildman–Crippen LogP) is 2.00. The quantitative estimate of drug-likeness (QED) is 0.921. The molecule has 2 aromatic rings. The Morgan fingerprint density at radius 1 is 1.38 bits per heavy atom. The van der Waals surface area contributed by atoms with Crippen LogP contribution >= 0.6 is 0 Å². The van der Waals surface area contributed by atoms with Crippen LogP contribution in [0.5, 0.6) is 0 Å². The van der Waals surface area contributed by atoms with E-state index in [0.717, 1.165) is 24.4 Å². The molecule has 1 N–H and O–H groups in total. The Hall–Kier alpha value is -2.15. The van der Waals surface area contributed by atoms with E-state index in [0.29, 0.717) is 36.2 Å². The zero-order valence-electron chi connectivity index (χ0n) is 13.9. The van der Waals surface area contributed by atoms with Crippen molar-refractivity contribution in [2.75, 3.05) is 19.7 Å². The van der Waals surface area contributed by atoms with Crippen LogP contribution in [-0.4, -0.2) is 45.8 Å². The first-order valence-corrected chi connectivity index (χ1v) is 8.37. The smallest absolute Gasteiger partial charge is 0.257 e. The fourth-order valence-electron chi connectivity index (χ4n) is 3.42. The van der Waals surface area contributed by atoms with Gasteiger partial charge in [0, 0.05) is 31.5 Å². The van der Waals surface area contributed by atoms with Crippen LogP contribution in [0.15, 0.2) is 15.0 Å². The van der Waals surface area contributed by atoms with Crippen molar-refractivity contribution < 1.29 is 18.8 Å². The van der Waals surface area contributed by atoms with E-state index in [-0.39, 0.29) is 24.3 Å². The largest absolute Gasteiger partial charge is 0.466 e. The first-order chi connectivity index (χ1) is 11.6. The molecule has 2 fully saturated rings. The average Bonchev–Trinajstić information content (AvgIpc) is 3.00. The van der Waals surface area contributed by atoms with Gasteiger partial charge in [0.1, 0.15) is 11.5 Å². The Morgan fingerprint density at radius 2 is 2.17 bits per heavy atom. The predicted molar refractivity (Wildman–Crippen MR) is 83.7 cm³/mol. The van der Waals surface area contributed by atoms with Gasteiger partial charge in [0.2, 0.25) is 5.89 Å². The maximum absolute atomic E-state index is 12.8. The Kier molecular flexibility index (Phi) is 3.68. The van der Waals surface area contributed by atoms with E-state index in [9.17, 15) is 9.90 Å². The molecule has 1 saturated carbocycles. The van der Waals surface area contributed by atoms with Gasteiger partial charge in [0.05, 0.1) is 11.5 Å². The lowest BCUT2D eigenvalue weighted by Gasteiger charge is -2.15. The summed E-state index contributed by atoms with van der Waals surface area (Å²) in [4.78, 5) is 19.0. The van der Waals surface area contributed by atoms with Gasteiger partial charge in [-0.25, -0.2) is 0 Å². The number of aromatic nitrogens is 2. The van der Waals surface area contributed by atoms with Gasteiger partial charge in [-0.1, -0.05) is 5.16 Å². The zero-order valence-corrected chi connectivity index (χ0v) is 13.9. The van der Waals surface area contributed by atoms with Gasteiger partial charge >= 0.3 is 0 Å². The Bertz CT molecular complexity index is 762. The van der Waals surface area contributed by atoms with Crippen LogP contribution in [0.2, 0.25) is 0 Å². The van der Waals surface area contributed by atoms with Gasteiger partial charge in [-0.3, -0.25) is 4.79 Å². The van der Waals surface area contributed by atoms with E-state index in [2.05, 4.69) is 10.1 Å². The average molecular weight is 331 g/mol. The van der Waals surface area contributed by atoms with Crippen molar-refractivity contribution in [2.45, 2.75) is 38.5 Å². The molecule has 0 aromatic carbocycles. The molecule has 2 aromatic heterocycles. The van der Waals surface area contributed by atoms with E-state index < -0.39 is 0 Å². The number of likely N-dealkylation sites (tertiary alicyclic amines) is 1. The fraction of sp³-hybridized carbons (Fsp3) is 0.588. The van der Waals surface area contributed by atoms with Crippen molar-refractivity contribution in [3.8, 4) is 0 Å². The SMILES string of the molecule is Cc1cc(C(=O)N2C[C@@H](CO)[C@H](c3nc(C4CC4)no3)C2)c(C)o1. The molecule has 2 atom stereocenters. The summed E-state index contributed by atoms with van der Waals surface area (Å²) in [5, 5.41) is 13.8. The number of nitrogens with zero attached hydrogens (tertiary/aromatic N) is 3. The third-order valence-electron chi connectivity index (χ3n) is 4.95. The summed E-state index contributed by atoms with van der Waals surface area (Å²) in [5.41, 5.74) is 0.578. The number of carbonyl (C=O) groups excluding carboxylic acids is 1. The molecule has 1 aliphatic heterocycles. The van der Waals surface area contributed by atoms with E-state index in [1.54, 1.807) is 17.9 Å². The lowest BCUT2D eigenvalue weighted by atomic mass is 9.97. The van der Waals surface area contributed by atoms with Gasteiger partial charge in [-0.2, -0.15) is 4.98 Å². The van der Waals surface area contributed by atoms with Crippen molar-refractivity contribution in [3.05, 3.63) is 34.9 Å². The van der Waals surface area contributed by atoms with Crippen molar-refractivity contribution in [2.24, 2.45) is 5.92 Å². The van der Waals surface area contributed by atoms with Crippen molar-refractivity contribution in [3.63, 3.8) is 0 Å². The van der Waals surface area contributed by atoms with E-state index in [1.807, 2.05) is 6.92 Å². The molecule has 7 nitrogen and oxygen atoms in total. The van der Waals surface area contributed by atoms with Gasteiger partial charge in [-0.15, -0.1) is 0 Å². The first-order valence-electron chi connectivity index (χ1n) is 8.37. The lowest BCUT2D eigenvalue weighted by molar-refractivity contribution is 0.0779. The van der Waals surface area contributed by atoms with Crippen LogP contribution < -0.4 is 0 Å². The van der Waals surface area contributed by atoms with E-state index >= 15 is 0 Å². The summed E-state index contributed by atoms with van der Waals surface area (Å²) >= 11 is 0. The number of hydrogen-bond donors (Lipinski definition) is 1. The zero-order chi connectivity index (χ0) is 16.8. The summed E-state index contributed by atoms with van der Waals surface area (Å²) in [6, 6.07) is 1.76. The summed E-state index contributed by atoms with van der Waals surface area (Å²) in [7, 11) is 0. The third-order valence-corrected chi connectivity index (χ3v) is 4.95. The molecular weight excluding hydrogens is 310 g/mol. The van der Waals surface area contributed by atoms with E-state index in [1.165, 1.54) is 0 Å². The Labute approximate surface area is 139 Å². The highest BCUT2D eigenvalue weighted by molar-refractivity contribution is 5.95. The number of aryl methyl sites for hydroxylation is 2. The van der Waals surface area contributed by atoms with Crippen LogP contribution in [0.3, 0.4) is 0 Å². The number of carbonyl (C=O) groups is 1. The summed E-state index contributed by atoms with van der Waals surface area (Å²) < 4.78 is 10.9. The molecule has 1 amide bonds. The lowest BCUT2D eigenvalue weighted by Crippen LogP contribution is -2.29. The molecule has 1 saturated heterocycles. The normalized spacial score (nSPS) is 23.9. The minimum absolute atomic E-state index is 0.0149. The number of rotatable bonds is 4. The maximum atomic E-state index is 12.8. The van der Waals surface area contributed by atoms with Crippen LogP contribution in [0.25, 0.3) is 0 Å². The second kappa shape index (κ2) is 5.73.